The smallest absolute Gasteiger partial charge is 0.319 e. The van der Waals surface area contributed by atoms with E-state index in [1.165, 1.54) is 12.1 Å². The number of benzene rings is 2. The molecular formula is C25H22ClN5O6. The Labute approximate surface area is 216 Å². The molecule has 3 N–H and O–H groups in total. The molecule has 3 aliphatic heterocycles. The quantitative estimate of drug-likeness (QED) is 0.512. The highest BCUT2D eigenvalue weighted by Crippen LogP contribution is 2.32. The maximum absolute atomic E-state index is 12.9. The van der Waals surface area contributed by atoms with Gasteiger partial charge in [-0.3, -0.25) is 34.2 Å². The second kappa shape index (κ2) is 9.66. The number of hydrogen-bond donors (Lipinski definition) is 3. The predicted octanol–water partition coefficient (Wildman–Crippen LogP) is 2.19. The van der Waals surface area contributed by atoms with Crippen LogP contribution in [0.25, 0.3) is 0 Å². The molecule has 0 bridgehead atoms. The number of rotatable bonds is 5. The lowest BCUT2D eigenvalue weighted by Gasteiger charge is -2.27. The number of carbonyl (C=O) groups is 6. The van der Waals surface area contributed by atoms with Gasteiger partial charge in [-0.05, 0) is 48.7 Å². The van der Waals surface area contributed by atoms with E-state index in [0.29, 0.717) is 34.9 Å². The van der Waals surface area contributed by atoms with Crippen molar-refractivity contribution >= 4 is 58.5 Å². The lowest BCUT2D eigenvalue weighted by molar-refractivity contribution is -0.136. The summed E-state index contributed by atoms with van der Waals surface area (Å²) in [5.74, 6) is -2.32. The monoisotopic (exact) mass is 523 g/mol. The molecule has 0 aromatic heterocycles. The van der Waals surface area contributed by atoms with Gasteiger partial charge >= 0.3 is 6.03 Å². The molecule has 2 aromatic rings. The van der Waals surface area contributed by atoms with Gasteiger partial charge in [-0.25, -0.2) is 4.79 Å². The summed E-state index contributed by atoms with van der Waals surface area (Å²) in [6.45, 7) is 0.666. The van der Waals surface area contributed by atoms with Crippen molar-refractivity contribution < 1.29 is 28.8 Å². The number of imide groups is 2. The van der Waals surface area contributed by atoms with E-state index in [0.717, 1.165) is 11.3 Å². The molecule has 0 saturated carbocycles. The Hall–Kier alpha value is -4.25. The first-order valence-electron chi connectivity index (χ1n) is 11.7. The van der Waals surface area contributed by atoms with E-state index in [1.54, 1.807) is 29.2 Å². The van der Waals surface area contributed by atoms with E-state index < -0.39 is 35.7 Å². The molecule has 1 atom stereocenters. The molecule has 190 valence electrons. The maximum atomic E-state index is 12.9. The number of carbonyl (C=O) groups excluding carboxylic acids is 6. The fourth-order valence-electron chi connectivity index (χ4n) is 4.69. The summed E-state index contributed by atoms with van der Waals surface area (Å²) in [5, 5.41) is 7.85. The molecule has 1 unspecified atom stereocenters. The number of anilines is 2. The van der Waals surface area contributed by atoms with Crippen LogP contribution in [0, 0.1) is 0 Å². The van der Waals surface area contributed by atoms with Crippen molar-refractivity contribution in [3.8, 4) is 0 Å². The van der Waals surface area contributed by atoms with Crippen LogP contribution in [-0.2, 0) is 20.9 Å². The van der Waals surface area contributed by atoms with Gasteiger partial charge in [0.25, 0.3) is 11.8 Å². The number of nitrogens with one attached hydrogen (secondary N) is 3. The number of urea groups is 1. The molecule has 37 heavy (non-hydrogen) atoms. The molecule has 0 aliphatic carbocycles. The predicted molar refractivity (Wildman–Crippen MR) is 132 cm³/mol. The molecular weight excluding hydrogens is 502 g/mol. The minimum absolute atomic E-state index is 0.00936. The lowest BCUT2D eigenvalue weighted by atomic mass is 10.0. The number of amides is 7. The summed E-state index contributed by atoms with van der Waals surface area (Å²) >= 11 is 6.32. The largest absolute Gasteiger partial charge is 0.334 e. The molecule has 2 saturated heterocycles. The Kier molecular flexibility index (Phi) is 6.38. The molecule has 3 heterocycles. The third kappa shape index (κ3) is 4.65. The van der Waals surface area contributed by atoms with Crippen LogP contribution in [-0.4, -0.2) is 53.1 Å². The summed E-state index contributed by atoms with van der Waals surface area (Å²) < 4.78 is 0. The van der Waals surface area contributed by atoms with E-state index >= 15 is 0 Å². The topological polar surface area (TPSA) is 145 Å². The van der Waals surface area contributed by atoms with Crippen molar-refractivity contribution in [3.05, 3.63) is 58.1 Å². The van der Waals surface area contributed by atoms with E-state index in [9.17, 15) is 28.8 Å². The molecule has 0 spiro atoms. The van der Waals surface area contributed by atoms with E-state index in [4.69, 9.17) is 11.6 Å². The average Bonchev–Trinajstić information content (AvgIpc) is 3.39. The summed E-state index contributed by atoms with van der Waals surface area (Å²) in [5.41, 5.74) is 1.90. The Morgan fingerprint density at radius 3 is 2.49 bits per heavy atom. The lowest BCUT2D eigenvalue weighted by Crippen LogP contribution is -2.54. The first kappa shape index (κ1) is 24.4. The van der Waals surface area contributed by atoms with Crippen molar-refractivity contribution in [2.75, 3.05) is 16.8 Å². The van der Waals surface area contributed by atoms with Crippen LogP contribution in [0.15, 0.2) is 36.4 Å². The third-order valence-corrected chi connectivity index (χ3v) is 6.83. The van der Waals surface area contributed by atoms with Gasteiger partial charge in [-0.2, -0.15) is 0 Å². The van der Waals surface area contributed by atoms with Gasteiger partial charge in [0.15, 0.2) is 0 Å². The molecule has 2 fully saturated rings. The van der Waals surface area contributed by atoms with Gasteiger partial charge in [0.1, 0.15) is 6.04 Å². The Balaban J connectivity index is 1.21. The Morgan fingerprint density at radius 1 is 1.00 bits per heavy atom. The number of fused-ring (bicyclic) bond motifs is 1. The Morgan fingerprint density at radius 2 is 1.78 bits per heavy atom. The van der Waals surface area contributed by atoms with Gasteiger partial charge in [0, 0.05) is 31.6 Å². The highest BCUT2D eigenvalue weighted by atomic mass is 35.5. The summed E-state index contributed by atoms with van der Waals surface area (Å²) in [7, 11) is 0. The zero-order valence-electron chi connectivity index (χ0n) is 19.5. The molecule has 0 radical (unpaired) electrons. The third-order valence-electron chi connectivity index (χ3n) is 6.53. The second-order valence-electron chi connectivity index (χ2n) is 8.95. The van der Waals surface area contributed by atoms with Crippen molar-refractivity contribution in [1.82, 2.24) is 15.5 Å². The summed E-state index contributed by atoms with van der Waals surface area (Å²) in [4.78, 5) is 76.2. The van der Waals surface area contributed by atoms with Crippen LogP contribution >= 0.6 is 11.6 Å². The van der Waals surface area contributed by atoms with Crippen LogP contribution in [0.1, 0.15) is 52.0 Å². The van der Waals surface area contributed by atoms with Gasteiger partial charge < -0.3 is 15.5 Å². The highest BCUT2D eigenvalue weighted by molar-refractivity contribution is 6.34. The highest BCUT2D eigenvalue weighted by Gasteiger charge is 2.44. The average molecular weight is 524 g/mol. The van der Waals surface area contributed by atoms with Crippen LogP contribution in [0.2, 0.25) is 5.02 Å². The van der Waals surface area contributed by atoms with E-state index in [-0.39, 0.29) is 36.4 Å². The maximum Gasteiger partial charge on any atom is 0.319 e. The van der Waals surface area contributed by atoms with Crippen molar-refractivity contribution in [2.24, 2.45) is 0 Å². The fourth-order valence-corrected chi connectivity index (χ4v) is 4.97. The molecule has 3 aliphatic rings. The fraction of sp³-hybridized carbons (Fsp3) is 0.280. The first-order valence-corrected chi connectivity index (χ1v) is 12.1. The van der Waals surface area contributed by atoms with Crippen LogP contribution in [0.4, 0.5) is 16.2 Å². The van der Waals surface area contributed by atoms with Gasteiger partial charge in [-0.1, -0.05) is 17.7 Å². The van der Waals surface area contributed by atoms with Crippen LogP contribution in [0.5, 0.6) is 0 Å². The number of piperidine rings is 1. The van der Waals surface area contributed by atoms with Crippen molar-refractivity contribution in [1.29, 1.82) is 0 Å². The standard InChI is InChI=1S/C25H22ClN5O6/c26-17-11-14(4-6-18(17)30-9-1-2-21(30)33)28-25(37)27-12-13-3-5-15-16(10-13)24(36)31(23(15)35)19-7-8-20(32)29-22(19)34/h3-6,10-11,19H,1-2,7-9,12H2,(H2,27,28,37)(H,29,32,34). The Bertz CT molecular complexity index is 1380. The summed E-state index contributed by atoms with van der Waals surface area (Å²) in [6, 6.07) is 7.92. The van der Waals surface area contributed by atoms with Crippen molar-refractivity contribution in [3.63, 3.8) is 0 Å². The summed E-state index contributed by atoms with van der Waals surface area (Å²) in [6.07, 6.45) is 1.37. The number of nitrogens with zero attached hydrogens (tertiary/aromatic N) is 2. The van der Waals surface area contributed by atoms with E-state index in [1.807, 2.05) is 0 Å². The minimum Gasteiger partial charge on any atom is -0.334 e. The first-order chi connectivity index (χ1) is 17.7. The SMILES string of the molecule is O=C1CCC(N2C(=O)c3ccc(CNC(=O)Nc4ccc(N5CCCC5=O)c(Cl)c4)cc3C2=O)C(=O)N1. The number of hydrogen-bond acceptors (Lipinski definition) is 6. The zero-order valence-corrected chi connectivity index (χ0v) is 20.3. The van der Waals surface area contributed by atoms with Gasteiger partial charge in [0.2, 0.25) is 17.7 Å². The normalized spacial score (nSPS) is 19.3. The van der Waals surface area contributed by atoms with Gasteiger partial charge in [-0.15, -0.1) is 0 Å². The van der Waals surface area contributed by atoms with Crippen LogP contribution < -0.4 is 20.9 Å². The molecule has 2 aromatic carbocycles. The minimum atomic E-state index is -1.04. The van der Waals surface area contributed by atoms with Gasteiger partial charge in [0.05, 0.1) is 21.8 Å². The molecule has 7 amide bonds. The molecule has 12 heteroatoms. The second-order valence-corrected chi connectivity index (χ2v) is 9.36. The molecule has 11 nitrogen and oxygen atoms in total. The number of halogens is 1. The van der Waals surface area contributed by atoms with Crippen LogP contribution in [0.3, 0.4) is 0 Å². The molecule has 5 rings (SSSR count). The van der Waals surface area contributed by atoms with Crippen molar-refractivity contribution in [2.45, 2.75) is 38.3 Å². The van der Waals surface area contributed by atoms with E-state index in [2.05, 4.69) is 16.0 Å². The zero-order chi connectivity index (χ0) is 26.3.